The molecule has 0 amide bonds. The summed E-state index contributed by atoms with van der Waals surface area (Å²) in [6, 6.07) is 16.3. The molecule has 0 N–H and O–H groups in total. The number of hydrogen-bond donors (Lipinski definition) is 0. The Hall–Kier alpha value is -4.45. The van der Waals surface area contributed by atoms with Crippen LogP contribution in [0.25, 0.3) is 0 Å². The predicted molar refractivity (Wildman–Crippen MR) is 144 cm³/mol. The van der Waals surface area contributed by atoms with Gasteiger partial charge in [0.1, 0.15) is 34.8 Å². The van der Waals surface area contributed by atoms with E-state index in [1.54, 1.807) is 0 Å². The first-order valence-corrected chi connectivity index (χ1v) is 13.6. The molecular weight excluding hydrogens is 601 g/mol. The lowest BCUT2D eigenvalue weighted by molar-refractivity contribution is -0.274. The summed E-state index contributed by atoms with van der Waals surface area (Å²) < 4.78 is 108. The van der Waals surface area contributed by atoms with Crippen LogP contribution in [0, 0.1) is 23.3 Å². The smallest absolute Gasteiger partial charge is 0.482 e. The van der Waals surface area contributed by atoms with Crippen molar-refractivity contribution in [3.05, 3.63) is 126 Å². The highest BCUT2D eigenvalue weighted by molar-refractivity contribution is 7.97. The zero-order valence-electron chi connectivity index (χ0n) is 22.3. The van der Waals surface area contributed by atoms with Crippen molar-refractivity contribution in [2.24, 2.45) is 0 Å². The van der Waals surface area contributed by atoms with E-state index in [4.69, 9.17) is 9.47 Å². The lowest BCUT2D eigenvalue weighted by Gasteiger charge is -2.27. The number of carbonyl (C=O) groups is 1. The zero-order chi connectivity index (χ0) is 31.4. The van der Waals surface area contributed by atoms with Crippen molar-refractivity contribution < 1.29 is 49.7 Å². The first-order valence-electron chi connectivity index (χ1n) is 12.4. The topological polar surface area (TPSA) is 44.8 Å². The van der Waals surface area contributed by atoms with Crippen molar-refractivity contribution in [1.82, 2.24) is 0 Å². The minimum Gasteiger partial charge on any atom is -0.482 e. The molecule has 4 rings (SSSR count). The summed E-state index contributed by atoms with van der Waals surface area (Å²) in [7, 11) is -1.31. The van der Waals surface area contributed by atoms with Crippen LogP contribution in [0.5, 0.6) is 11.5 Å². The molecule has 0 spiro atoms. The number of esters is 1. The lowest BCUT2D eigenvalue weighted by Crippen LogP contribution is -2.29. The molecule has 12 heteroatoms. The quantitative estimate of drug-likeness (QED) is 0.0773. The van der Waals surface area contributed by atoms with E-state index in [2.05, 4.69) is 11.3 Å². The molecule has 224 valence electrons. The van der Waals surface area contributed by atoms with Gasteiger partial charge in [-0.2, -0.15) is 0 Å². The molecule has 0 aromatic heterocycles. The third-order valence-electron chi connectivity index (χ3n) is 5.94. The summed E-state index contributed by atoms with van der Waals surface area (Å²) in [5, 5.41) is 0. The Morgan fingerprint density at radius 2 is 1.21 bits per heavy atom. The molecule has 0 aliphatic heterocycles. The number of alkyl halides is 3. The highest BCUT2D eigenvalue weighted by Gasteiger charge is 2.33. The fourth-order valence-corrected chi connectivity index (χ4v) is 6.13. The number of benzene rings is 4. The molecule has 1 unspecified atom stereocenters. The SMILES string of the molecule is C=CC(C)(OC(=O)COc1ccc([S+](c2cc(F)cc(F)c2)c2cc(F)cc(F)c2)cc1)c1ccc(OC(F)(F)F)cc1. The molecule has 43 heavy (non-hydrogen) atoms. The fourth-order valence-electron chi connectivity index (χ4n) is 3.99. The van der Waals surface area contributed by atoms with Gasteiger partial charge in [-0.25, -0.2) is 22.4 Å². The Bertz CT molecular complexity index is 1520. The average molecular weight is 624 g/mol. The molecule has 0 aliphatic rings. The second-order valence-corrected chi connectivity index (χ2v) is 11.2. The summed E-state index contributed by atoms with van der Waals surface area (Å²) in [5.41, 5.74) is -1.08. The van der Waals surface area contributed by atoms with Gasteiger partial charge >= 0.3 is 12.3 Å². The van der Waals surface area contributed by atoms with Crippen molar-refractivity contribution in [2.75, 3.05) is 6.61 Å². The molecule has 0 fully saturated rings. The minimum absolute atomic E-state index is 0.140. The highest BCUT2D eigenvalue weighted by Crippen LogP contribution is 2.34. The van der Waals surface area contributed by atoms with Crippen LogP contribution in [0.1, 0.15) is 12.5 Å². The van der Waals surface area contributed by atoms with Crippen LogP contribution in [0.2, 0.25) is 0 Å². The molecule has 0 heterocycles. The number of ether oxygens (including phenoxy) is 3. The molecule has 0 aliphatic carbocycles. The third-order valence-corrected chi connectivity index (χ3v) is 8.09. The van der Waals surface area contributed by atoms with Crippen LogP contribution >= 0.6 is 0 Å². The predicted octanol–water partition coefficient (Wildman–Crippen LogP) is 8.26. The molecule has 4 aromatic carbocycles. The summed E-state index contributed by atoms with van der Waals surface area (Å²) in [6.45, 7) is 4.56. The Balaban J connectivity index is 1.48. The van der Waals surface area contributed by atoms with E-state index in [0.717, 1.165) is 36.4 Å². The van der Waals surface area contributed by atoms with Gasteiger partial charge in [0.15, 0.2) is 26.9 Å². The summed E-state index contributed by atoms with van der Waals surface area (Å²) in [5.74, 6) is -4.52. The van der Waals surface area contributed by atoms with Gasteiger partial charge in [0.2, 0.25) is 0 Å². The highest BCUT2D eigenvalue weighted by atomic mass is 32.2. The molecule has 4 nitrogen and oxygen atoms in total. The maximum atomic E-state index is 14.0. The summed E-state index contributed by atoms with van der Waals surface area (Å²) >= 11 is 0. The van der Waals surface area contributed by atoms with Gasteiger partial charge in [0.05, 0.1) is 10.9 Å². The standard InChI is InChI=1S/C31H22F7O4S/c1-3-30(2,19-4-6-25(7-5-19)41-31(36,37)38)42-29(39)18-40-24-8-10-26(11-9-24)43(27-14-20(32)12-21(33)15-27)28-16-22(34)13-23(35)17-28/h3-17H,1,18H2,2H3/q+1. The molecule has 0 radical (unpaired) electrons. The number of halogens is 7. The van der Waals surface area contributed by atoms with Crippen molar-refractivity contribution >= 4 is 16.9 Å². The molecule has 4 aromatic rings. The lowest BCUT2D eigenvalue weighted by atomic mass is 9.96. The van der Waals surface area contributed by atoms with Gasteiger partial charge in [-0.05, 0) is 55.0 Å². The zero-order valence-corrected chi connectivity index (χ0v) is 23.1. The summed E-state index contributed by atoms with van der Waals surface area (Å²) in [6.07, 6.45) is -3.56. The van der Waals surface area contributed by atoms with Gasteiger partial charge in [0.25, 0.3) is 0 Å². The molecular formula is C31H22F7O4S+. The van der Waals surface area contributed by atoms with Crippen LogP contribution in [-0.4, -0.2) is 18.9 Å². The largest absolute Gasteiger partial charge is 0.573 e. The van der Waals surface area contributed by atoms with E-state index < -0.39 is 64.5 Å². The van der Waals surface area contributed by atoms with Crippen LogP contribution in [0.15, 0.2) is 112 Å². The summed E-state index contributed by atoms with van der Waals surface area (Å²) in [4.78, 5) is 13.3. The van der Waals surface area contributed by atoms with Gasteiger partial charge < -0.3 is 14.2 Å². The number of carbonyl (C=O) groups excluding carboxylic acids is 1. The van der Waals surface area contributed by atoms with Crippen molar-refractivity contribution in [3.63, 3.8) is 0 Å². The van der Waals surface area contributed by atoms with E-state index >= 15 is 0 Å². The Morgan fingerprint density at radius 1 is 0.744 bits per heavy atom. The van der Waals surface area contributed by atoms with E-state index in [1.165, 1.54) is 49.4 Å². The normalized spacial score (nSPS) is 12.9. The molecule has 0 saturated carbocycles. The first kappa shape index (κ1) is 31.5. The van der Waals surface area contributed by atoms with Crippen molar-refractivity contribution in [3.8, 4) is 11.5 Å². The Morgan fingerprint density at radius 3 is 1.65 bits per heavy atom. The second kappa shape index (κ2) is 12.8. The monoisotopic (exact) mass is 623 g/mol. The van der Waals surface area contributed by atoms with E-state index in [9.17, 15) is 35.5 Å². The fraction of sp³-hybridized carbons (Fsp3) is 0.129. The van der Waals surface area contributed by atoms with E-state index in [0.29, 0.717) is 22.6 Å². The molecule has 1 atom stereocenters. The van der Waals surface area contributed by atoms with Gasteiger partial charge in [0, 0.05) is 36.4 Å². The van der Waals surface area contributed by atoms with Crippen molar-refractivity contribution in [1.29, 1.82) is 0 Å². The Labute approximate surface area is 244 Å². The van der Waals surface area contributed by atoms with E-state index in [1.807, 2.05) is 0 Å². The number of rotatable bonds is 10. The number of hydrogen-bond acceptors (Lipinski definition) is 4. The maximum Gasteiger partial charge on any atom is 0.573 e. The molecule has 0 bridgehead atoms. The van der Waals surface area contributed by atoms with Crippen molar-refractivity contribution in [2.45, 2.75) is 33.6 Å². The molecule has 0 saturated heterocycles. The minimum atomic E-state index is -4.86. The van der Waals surface area contributed by atoms with Crippen LogP contribution in [0.4, 0.5) is 30.7 Å². The van der Waals surface area contributed by atoms with Crippen LogP contribution in [-0.2, 0) is 26.0 Å². The average Bonchev–Trinajstić information content (AvgIpc) is 2.91. The third kappa shape index (κ3) is 8.31. The van der Waals surface area contributed by atoms with Crippen LogP contribution in [0.3, 0.4) is 0 Å². The van der Waals surface area contributed by atoms with Gasteiger partial charge in [-0.1, -0.05) is 18.7 Å². The second-order valence-electron chi connectivity index (χ2n) is 9.13. The Kier molecular flexibility index (Phi) is 9.39. The maximum absolute atomic E-state index is 14.0. The van der Waals surface area contributed by atoms with Gasteiger partial charge in [-0.15, -0.1) is 13.2 Å². The van der Waals surface area contributed by atoms with Crippen LogP contribution < -0.4 is 9.47 Å². The van der Waals surface area contributed by atoms with Gasteiger partial charge in [-0.3, -0.25) is 0 Å². The first-order chi connectivity index (χ1) is 20.2. The van der Waals surface area contributed by atoms with E-state index in [-0.39, 0.29) is 15.5 Å².